The second-order valence-corrected chi connectivity index (χ2v) is 4.25. The van der Waals surface area contributed by atoms with Crippen molar-refractivity contribution >= 4 is 22.7 Å². The molecule has 0 aliphatic carbocycles. The highest BCUT2D eigenvalue weighted by atomic mass is 16.4. The van der Waals surface area contributed by atoms with E-state index in [2.05, 4.69) is 15.6 Å². The largest absolute Gasteiger partial charge is 0.545 e. The van der Waals surface area contributed by atoms with Crippen molar-refractivity contribution in [2.75, 3.05) is 5.32 Å². The van der Waals surface area contributed by atoms with Crippen LogP contribution in [0.15, 0.2) is 48.5 Å². The van der Waals surface area contributed by atoms with Gasteiger partial charge in [0.05, 0.1) is 11.5 Å². The van der Waals surface area contributed by atoms with Gasteiger partial charge in [-0.2, -0.15) is 0 Å². The number of carbonyl (C=O) groups is 1. The van der Waals surface area contributed by atoms with Crippen LogP contribution < -0.4 is 10.4 Å². The monoisotopic (exact) mass is 267 g/mol. The second kappa shape index (κ2) is 5.00. The minimum absolute atomic E-state index is 0.122. The lowest BCUT2D eigenvalue weighted by molar-refractivity contribution is -0.254. The number of aromatic nitrogens is 3. The van der Waals surface area contributed by atoms with Gasteiger partial charge in [0, 0.05) is 11.3 Å². The molecule has 3 rings (SSSR count). The van der Waals surface area contributed by atoms with Crippen LogP contribution in [0.5, 0.6) is 0 Å². The van der Waals surface area contributed by atoms with Crippen molar-refractivity contribution < 1.29 is 9.90 Å². The molecule has 0 fully saturated rings. The van der Waals surface area contributed by atoms with Crippen LogP contribution in [0.3, 0.4) is 0 Å². The Bertz CT molecular complexity index is 766. The van der Waals surface area contributed by atoms with Crippen molar-refractivity contribution in [2.24, 2.45) is 0 Å². The number of carboxylic acids is 1. The molecule has 1 heterocycles. The van der Waals surface area contributed by atoms with Crippen LogP contribution in [-0.2, 0) is 6.67 Å². The Kier molecular flexibility index (Phi) is 3.04. The van der Waals surface area contributed by atoms with E-state index in [9.17, 15) is 9.90 Å². The molecule has 2 aromatic carbocycles. The van der Waals surface area contributed by atoms with Crippen LogP contribution in [0, 0.1) is 0 Å². The standard InChI is InChI=1S/C14H12N4O2/c19-14(20)10-5-1-2-6-11(10)15-9-18-13-8-4-3-7-12(13)16-17-18/h1-8,15H,9H2,(H,19,20)/p-1. The number of hydrogen-bond donors (Lipinski definition) is 1. The smallest absolute Gasteiger partial charge is 0.113 e. The minimum atomic E-state index is -1.21. The summed E-state index contributed by atoms with van der Waals surface area (Å²) < 4.78 is 1.67. The third kappa shape index (κ3) is 2.18. The molecule has 0 spiro atoms. The Labute approximate surface area is 114 Å². The summed E-state index contributed by atoms with van der Waals surface area (Å²) >= 11 is 0. The van der Waals surface area contributed by atoms with Crippen LogP contribution in [-0.4, -0.2) is 21.0 Å². The predicted octanol–water partition coefficient (Wildman–Crippen LogP) is 0.864. The summed E-state index contributed by atoms with van der Waals surface area (Å²) in [5.41, 5.74) is 2.29. The van der Waals surface area contributed by atoms with Crippen LogP contribution in [0.2, 0.25) is 0 Å². The Morgan fingerprint density at radius 3 is 2.75 bits per heavy atom. The highest BCUT2D eigenvalue weighted by Crippen LogP contribution is 2.15. The first-order valence-electron chi connectivity index (χ1n) is 6.08. The first-order valence-corrected chi connectivity index (χ1v) is 6.08. The van der Waals surface area contributed by atoms with E-state index in [-0.39, 0.29) is 5.56 Å². The van der Waals surface area contributed by atoms with Crippen LogP contribution >= 0.6 is 0 Å². The average molecular weight is 267 g/mol. The maximum Gasteiger partial charge on any atom is 0.113 e. The Hall–Kier alpha value is -2.89. The number of nitrogens with one attached hydrogen (secondary N) is 1. The van der Waals surface area contributed by atoms with Crippen molar-refractivity contribution in [1.29, 1.82) is 0 Å². The zero-order valence-electron chi connectivity index (χ0n) is 10.5. The van der Waals surface area contributed by atoms with Gasteiger partial charge in [-0.3, -0.25) is 0 Å². The maximum absolute atomic E-state index is 11.0. The van der Waals surface area contributed by atoms with Crippen molar-refractivity contribution in [3.8, 4) is 0 Å². The number of hydrogen-bond acceptors (Lipinski definition) is 5. The lowest BCUT2D eigenvalue weighted by Crippen LogP contribution is -2.24. The fourth-order valence-electron chi connectivity index (χ4n) is 2.01. The fraction of sp³-hybridized carbons (Fsp3) is 0.0714. The Morgan fingerprint density at radius 2 is 1.90 bits per heavy atom. The Morgan fingerprint density at radius 1 is 1.15 bits per heavy atom. The molecule has 3 aromatic rings. The molecule has 0 aliphatic heterocycles. The molecule has 0 amide bonds. The van der Waals surface area contributed by atoms with E-state index in [1.165, 1.54) is 6.07 Å². The first kappa shape index (κ1) is 12.2. The van der Waals surface area contributed by atoms with Gasteiger partial charge in [-0.05, 0) is 18.2 Å². The van der Waals surface area contributed by atoms with Gasteiger partial charge in [0.15, 0.2) is 0 Å². The van der Waals surface area contributed by atoms with E-state index in [1.807, 2.05) is 24.3 Å². The molecule has 6 heteroatoms. The number of carboxylic acid groups (broad SMARTS) is 1. The summed E-state index contributed by atoms with van der Waals surface area (Å²) in [5, 5.41) is 22.1. The van der Waals surface area contributed by atoms with Crippen molar-refractivity contribution in [3.05, 3.63) is 54.1 Å². The molecule has 0 radical (unpaired) electrons. The number of carbonyl (C=O) groups excluding carboxylic acids is 1. The lowest BCUT2D eigenvalue weighted by Gasteiger charge is -2.12. The highest BCUT2D eigenvalue weighted by Gasteiger charge is 2.05. The molecule has 1 aromatic heterocycles. The van der Waals surface area contributed by atoms with Gasteiger partial charge in [-0.25, -0.2) is 4.68 Å². The number of benzene rings is 2. The van der Waals surface area contributed by atoms with Crippen LogP contribution in [0.25, 0.3) is 11.0 Å². The van der Waals surface area contributed by atoms with Crippen LogP contribution in [0.4, 0.5) is 5.69 Å². The minimum Gasteiger partial charge on any atom is -0.545 e. The van der Waals surface area contributed by atoms with E-state index in [0.29, 0.717) is 12.4 Å². The molecule has 20 heavy (non-hydrogen) atoms. The highest BCUT2D eigenvalue weighted by molar-refractivity contribution is 5.92. The summed E-state index contributed by atoms with van der Waals surface area (Å²) in [6, 6.07) is 14.2. The van der Waals surface area contributed by atoms with Crippen molar-refractivity contribution in [3.63, 3.8) is 0 Å². The van der Waals surface area contributed by atoms with E-state index < -0.39 is 5.97 Å². The summed E-state index contributed by atoms with van der Waals surface area (Å²) in [6.07, 6.45) is 0. The van der Waals surface area contributed by atoms with Gasteiger partial charge in [0.1, 0.15) is 12.2 Å². The van der Waals surface area contributed by atoms with Gasteiger partial charge in [-0.15, -0.1) is 5.10 Å². The molecule has 100 valence electrons. The molecular weight excluding hydrogens is 256 g/mol. The van der Waals surface area contributed by atoms with E-state index in [4.69, 9.17) is 0 Å². The molecule has 0 saturated heterocycles. The SMILES string of the molecule is O=C([O-])c1ccccc1NCn1nnc2ccccc21. The van der Waals surface area contributed by atoms with E-state index in [0.717, 1.165) is 11.0 Å². The molecule has 0 atom stereocenters. The Balaban J connectivity index is 1.85. The number of anilines is 1. The second-order valence-electron chi connectivity index (χ2n) is 4.25. The molecule has 0 bridgehead atoms. The molecule has 0 saturated carbocycles. The molecule has 0 aliphatic rings. The van der Waals surface area contributed by atoms with Gasteiger partial charge in [0.2, 0.25) is 0 Å². The van der Waals surface area contributed by atoms with Gasteiger partial charge in [0.25, 0.3) is 0 Å². The molecular formula is C14H11N4O2-. The lowest BCUT2D eigenvalue weighted by atomic mass is 10.2. The quantitative estimate of drug-likeness (QED) is 0.758. The van der Waals surface area contributed by atoms with Crippen LogP contribution in [0.1, 0.15) is 10.4 Å². The van der Waals surface area contributed by atoms with Crippen molar-refractivity contribution in [2.45, 2.75) is 6.67 Å². The summed E-state index contributed by atoms with van der Waals surface area (Å²) in [4.78, 5) is 11.0. The number of nitrogens with zero attached hydrogens (tertiary/aromatic N) is 3. The first-order chi connectivity index (χ1) is 9.75. The summed E-state index contributed by atoms with van der Waals surface area (Å²) in [5.74, 6) is -1.21. The normalized spacial score (nSPS) is 10.6. The topological polar surface area (TPSA) is 82.9 Å². The van der Waals surface area contributed by atoms with Gasteiger partial charge < -0.3 is 15.2 Å². The van der Waals surface area contributed by atoms with E-state index in [1.54, 1.807) is 22.9 Å². The zero-order valence-corrected chi connectivity index (χ0v) is 10.5. The fourth-order valence-corrected chi connectivity index (χ4v) is 2.01. The molecule has 1 N–H and O–H groups in total. The average Bonchev–Trinajstić information content (AvgIpc) is 2.88. The maximum atomic E-state index is 11.0. The number of aromatic carboxylic acids is 1. The third-order valence-corrected chi connectivity index (χ3v) is 2.99. The van der Waals surface area contributed by atoms with Gasteiger partial charge >= 0.3 is 0 Å². The zero-order chi connectivity index (χ0) is 13.9. The summed E-state index contributed by atoms with van der Waals surface area (Å²) in [6.45, 7) is 0.324. The number of fused-ring (bicyclic) bond motifs is 1. The summed E-state index contributed by atoms with van der Waals surface area (Å²) in [7, 11) is 0. The van der Waals surface area contributed by atoms with Crippen molar-refractivity contribution in [1.82, 2.24) is 15.0 Å². The molecule has 0 unspecified atom stereocenters. The number of para-hydroxylation sites is 2. The van der Waals surface area contributed by atoms with Gasteiger partial charge in [-0.1, -0.05) is 35.5 Å². The van der Waals surface area contributed by atoms with E-state index >= 15 is 0 Å². The predicted molar refractivity (Wildman–Crippen MR) is 71.9 cm³/mol. The number of rotatable bonds is 4. The molecule has 6 nitrogen and oxygen atoms in total. The third-order valence-electron chi connectivity index (χ3n) is 2.99.